The third-order valence-corrected chi connectivity index (χ3v) is 6.27. The summed E-state index contributed by atoms with van der Waals surface area (Å²) in [5.74, 6) is 0. The van der Waals surface area contributed by atoms with Crippen LogP contribution in [0.25, 0.3) is 0 Å². The molecule has 0 aromatic carbocycles. The van der Waals surface area contributed by atoms with Crippen LogP contribution in [0.3, 0.4) is 0 Å². The number of aliphatic hydroxyl groups excluding tert-OH is 1. The van der Waals surface area contributed by atoms with Crippen molar-refractivity contribution in [3.63, 3.8) is 0 Å². The topological polar surface area (TPSA) is 57.4 Å². The molecule has 1 unspecified atom stereocenters. The van der Waals surface area contributed by atoms with Crippen molar-refractivity contribution < 1.29 is 5.11 Å². The minimum absolute atomic E-state index is 0.568. The highest BCUT2D eigenvalue weighted by Crippen LogP contribution is 2.30. The Labute approximate surface area is 159 Å². The van der Waals surface area contributed by atoms with Crippen LogP contribution < -0.4 is 0 Å². The summed E-state index contributed by atoms with van der Waals surface area (Å²) in [6.45, 7) is 7.84. The van der Waals surface area contributed by atoms with E-state index in [2.05, 4.69) is 26.4 Å². The Balaban J connectivity index is 1.58. The van der Waals surface area contributed by atoms with E-state index in [4.69, 9.17) is 5.10 Å². The van der Waals surface area contributed by atoms with E-state index in [1.54, 1.807) is 11.3 Å². The van der Waals surface area contributed by atoms with Crippen LogP contribution >= 0.6 is 11.3 Å². The highest BCUT2D eigenvalue weighted by molar-refractivity contribution is 7.09. The summed E-state index contributed by atoms with van der Waals surface area (Å²) >= 11 is 1.71. The molecule has 0 spiro atoms. The van der Waals surface area contributed by atoms with Crippen molar-refractivity contribution in [3.8, 4) is 0 Å². The molecule has 0 amide bonds. The van der Waals surface area contributed by atoms with E-state index >= 15 is 0 Å². The number of aryl methyl sites for hydroxylation is 1. The third-order valence-electron chi connectivity index (χ3n) is 5.50. The number of piperidine rings is 1. The van der Waals surface area contributed by atoms with E-state index in [-0.39, 0.29) is 0 Å². The van der Waals surface area contributed by atoms with Crippen LogP contribution in [0.5, 0.6) is 0 Å². The molecule has 4 heterocycles. The van der Waals surface area contributed by atoms with Crippen molar-refractivity contribution in [1.82, 2.24) is 24.6 Å². The van der Waals surface area contributed by atoms with E-state index in [1.165, 1.54) is 30.5 Å². The van der Waals surface area contributed by atoms with Crippen molar-refractivity contribution in [2.45, 2.75) is 64.9 Å². The molecule has 1 saturated heterocycles. The number of thiazole rings is 1. The lowest BCUT2D eigenvalue weighted by Crippen LogP contribution is -2.35. The second-order valence-electron chi connectivity index (χ2n) is 7.39. The van der Waals surface area contributed by atoms with Gasteiger partial charge in [-0.15, -0.1) is 11.3 Å². The number of nitrogens with zero attached hydrogens (tertiary/aromatic N) is 5. The Hall–Kier alpha value is -1.28. The average Bonchev–Trinajstić information content (AvgIpc) is 3.30. The number of hydrogen-bond donors (Lipinski definition) is 1. The minimum atomic E-state index is -0.568. The summed E-state index contributed by atoms with van der Waals surface area (Å²) in [7, 11) is 0. The van der Waals surface area contributed by atoms with Crippen LogP contribution in [-0.4, -0.2) is 49.3 Å². The van der Waals surface area contributed by atoms with Gasteiger partial charge in [0, 0.05) is 62.0 Å². The molecule has 0 bridgehead atoms. The zero-order chi connectivity index (χ0) is 17.9. The fourth-order valence-electron chi connectivity index (χ4n) is 4.17. The normalized spacial score (nSPS) is 20.2. The second kappa shape index (κ2) is 8.17. The Morgan fingerprint density at radius 1 is 1.23 bits per heavy atom. The van der Waals surface area contributed by atoms with Gasteiger partial charge in [0.15, 0.2) is 6.23 Å². The lowest BCUT2D eigenvalue weighted by atomic mass is 10.0. The first-order valence-electron chi connectivity index (χ1n) is 9.87. The molecule has 0 saturated carbocycles. The van der Waals surface area contributed by atoms with Crippen molar-refractivity contribution in [1.29, 1.82) is 0 Å². The largest absolute Gasteiger partial charge is 0.372 e. The van der Waals surface area contributed by atoms with Gasteiger partial charge in [0.25, 0.3) is 0 Å². The lowest BCUT2D eigenvalue weighted by molar-refractivity contribution is -0.0143. The molecular formula is C19H29N5OS. The molecule has 4 rings (SSSR count). The fourth-order valence-corrected chi connectivity index (χ4v) is 4.83. The smallest absolute Gasteiger partial charge is 0.152 e. The zero-order valence-corrected chi connectivity index (χ0v) is 16.4. The molecule has 2 aromatic rings. The molecule has 2 aromatic heterocycles. The van der Waals surface area contributed by atoms with Gasteiger partial charge >= 0.3 is 0 Å². The number of fused-ring (bicyclic) bond motifs is 1. The first kappa shape index (κ1) is 18.1. The number of hydrogen-bond acceptors (Lipinski definition) is 6. The molecule has 26 heavy (non-hydrogen) atoms. The Bertz CT molecular complexity index is 708. The fraction of sp³-hybridized carbons (Fsp3) is 0.684. The number of aliphatic hydroxyl groups is 1. The lowest BCUT2D eigenvalue weighted by Gasteiger charge is -2.32. The van der Waals surface area contributed by atoms with Crippen molar-refractivity contribution in [2.24, 2.45) is 0 Å². The maximum atomic E-state index is 11.0. The number of rotatable bonds is 6. The molecule has 6 nitrogen and oxygen atoms in total. The van der Waals surface area contributed by atoms with Crippen LogP contribution in [0.4, 0.5) is 0 Å². The first-order valence-corrected chi connectivity index (χ1v) is 10.8. The van der Waals surface area contributed by atoms with E-state index in [1.807, 2.05) is 11.6 Å². The molecule has 1 fully saturated rings. The second-order valence-corrected chi connectivity index (χ2v) is 8.37. The molecular weight excluding hydrogens is 346 g/mol. The van der Waals surface area contributed by atoms with Crippen LogP contribution in [0.2, 0.25) is 0 Å². The molecule has 2 aliphatic heterocycles. The van der Waals surface area contributed by atoms with Gasteiger partial charge in [0.2, 0.25) is 0 Å². The average molecular weight is 376 g/mol. The van der Waals surface area contributed by atoms with E-state index < -0.39 is 6.23 Å². The first-order chi connectivity index (χ1) is 12.8. The van der Waals surface area contributed by atoms with Crippen LogP contribution in [0.15, 0.2) is 11.6 Å². The van der Waals surface area contributed by atoms with Crippen LogP contribution in [-0.2, 0) is 26.1 Å². The van der Waals surface area contributed by atoms with E-state index in [0.717, 1.165) is 62.8 Å². The van der Waals surface area contributed by atoms with E-state index in [0.29, 0.717) is 0 Å². The van der Waals surface area contributed by atoms with Gasteiger partial charge in [-0.2, -0.15) is 5.10 Å². The van der Waals surface area contributed by atoms with Gasteiger partial charge in [-0.25, -0.2) is 4.98 Å². The van der Waals surface area contributed by atoms with Crippen molar-refractivity contribution >= 4 is 11.3 Å². The highest BCUT2D eigenvalue weighted by atomic mass is 32.1. The van der Waals surface area contributed by atoms with Gasteiger partial charge in [-0.1, -0.05) is 13.3 Å². The predicted octanol–water partition coefficient (Wildman–Crippen LogP) is 2.78. The minimum Gasteiger partial charge on any atom is -0.372 e. The number of aromatic nitrogens is 3. The van der Waals surface area contributed by atoms with Gasteiger partial charge in [0.05, 0.1) is 6.54 Å². The summed E-state index contributed by atoms with van der Waals surface area (Å²) in [5, 5.41) is 19.1. The van der Waals surface area contributed by atoms with Gasteiger partial charge in [-0.05, 0) is 19.3 Å². The van der Waals surface area contributed by atoms with Crippen molar-refractivity contribution in [3.05, 3.63) is 33.5 Å². The maximum absolute atomic E-state index is 11.0. The Morgan fingerprint density at radius 2 is 2.08 bits per heavy atom. The Kier molecular flexibility index (Phi) is 5.69. The maximum Gasteiger partial charge on any atom is 0.152 e. The molecule has 2 aliphatic rings. The third kappa shape index (κ3) is 3.71. The van der Waals surface area contributed by atoms with Crippen LogP contribution in [0, 0.1) is 0 Å². The summed E-state index contributed by atoms with van der Waals surface area (Å²) in [5.41, 5.74) is 3.46. The highest BCUT2D eigenvalue weighted by Gasteiger charge is 2.31. The van der Waals surface area contributed by atoms with Crippen LogP contribution in [0.1, 0.15) is 60.8 Å². The molecule has 142 valence electrons. The monoisotopic (exact) mass is 375 g/mol. The quantitative estimate of drug-likeness (QED) is 0.841. The van der Waals surface area contributed by atoms with Gasteiger partial charge < -0.3 is 5.11 Å². The van der Waals surface area contributed by atoms with Gasteiger partial charge in [0.1, 0.15) is 10.7 Å². The SMILES string of the molecule is CCCn1nc(C(O)N2CCCCC2)c2c1CCN(Cc1nccs1)C2. The standard InChI is InChI=1S/C19H29N5OS/c1-2-8-24-16-6-11-22(14-17-20-7-12-26-17)13-15(16)18(21-24)19(25)23-9-4-3-5-10-23/h7,12,19,25H,2-6,8-11,13-14H2,1H3. The van der Waals surface area contributed by atoms with Crippen molar-refractivity contribution in [2.75, 3.05) is 19.6 Å². The number of likely N-dealkylation sites (tertiary alicyclic amines) is 1. The predicted molar refractivity (Wildman–Crippen MR) is 103 cm³/mol. The van der Waals surface area contributed by atoms with Gasteiger partial charge in [-0.3, -0.25) is 14.5 Å². The summed E-state index contributed by atoms with van der Waals surface area (Å²) < 4.78 is 2.15. The molecule has 1 atom stereocenters. The summed E-state index contributed by atoms with van der Waals surface area (Å²) in [4.78, 5) is 9.06. The van der Waals surface area contributed by atoms with E-state index in [9.17, 15) is 5.11 Å². The molecule has 0 aliphatic carbocycles. The summed E-state index contributed by atoms with van der Waals surface area (Å²) in [6, 6.07) is 0. The molecule has 0 radical (unpaired) electrons. The Morgan fingerprint density at radius 3 is 2.81 bits per heavy atom. The molecule has 1 N–H and O–H groups in total. The zero-order valence-electron chi connectivity index (χ0n) is 15.6. The molecule has 7 heteroatoms. The summed E-state index contributed by atoms with van der Waals surface area (Å²) in [6.07, 6.45) is 6.99.